The van der Waals surface area contributed by atoms with Crippen LogP contribution in [0, 0.1) is 0 Å². The zero-order valence-electron chi connectivity index (χ0n) is 11.3. The first kappa shape index (κ1) is 13.1. The molecule has 2 aromatic heterocycles. The van der Waals surface area contributed by atoms with Gasteiger partial charge in [0.25, 0.3) is 0 Å². The fraction of sp³-hybridized carbons (Fsp3) is 0.417. The average molecular weight is 263 g/mol. The molecule has 0 saturated heterocycles. The molecule has 0 aliphatic rings. The van der Waals surface area contributed by atoms with Crippen molar-refractivity contribution in [3.8, 4) is 5.69 Å². The molecule has 0 spiro atoms. The van der Waals surface area contributed by atoms with Crippen LogP contribution >= 0.6 is 0 Å². The number of hydrogen-bond acceptors (Lipinski definition) is 5. The van der Waals surface area contributed by atoms with Gasteiger partial charge in [-0.05, 0) is 13.3 Å². The van der Waals surface area contributed by atoms with Crippen molar-refractivity contribution in [3.63, 3.8) is 0 Å². The lowest BCUT2D eigenvalue weighted by Gasteiger charge is -2.04. The summed E-state index contributed by atoms with van der Waals surface area (Å²) in [5.74, 6) is -0.248. The number of nitrogens with zero attached hydrogens (tertiary/aromatic N) is 4. The van der Waals surface area contributed by atoms with E-state index >= 15 is 0 Å². The van der Waals surface area contributed by atoms with Crippen molar-refractivity contribution in [1.29, 1.82) is 0 Å². The first-order valence-electron chi connectivity index (χ1n) is 6.11. The molecule has 2 heterocycles. The largest absolute Gasteiger partial charge is 0.461 e. The molecule has 0 fully saturated rings. The summed E-state index contributed by atoms with van der Waals surface area (Å²) in [6.07, 6.45) is 4.12. The van der Waals surface area contributed by atoms with E-state index in [2.05, 4.69) is 10.1 Å². The fourth-order valence-electron chi connectivity index (χ4n) is 1.88. The van der Waals surface area contributed by atoms with Crippen LogP contribution in [-0.4, -0.2) is 31.9 Å². The normalized spacial score (nSPS) is 10.7. The molecule has 0 atom stereocenters. The van der Waals surface area contributed by atoms with E-state index in [0.29, 0.717) is 0 Å². The highest BCUT2D eigenvalue weighted by molar-refractivity contribution is 5.92. The minimum atomic E-state index is -0.513. The standard InChI is InChI=1S/C12H17N5O2/c1-4-8-9(6-16(3)15-8)17-7-14-10(11(17)13)12(18)19-5-2/h6-7H,4-5,13H2,1-3H3. The SMILES string of the molecule is CCOC(=O)c1ncn(-c2cn(C)nc2CC)c1N. The maximum absolute atomic E-state index is 11.7. The predicted octanol–water partition coefficient (Wildman–Crippen LogP) is 0.927. The Morgan fingerprint density at radius 1 is 1.47 bits per heavy atom. The van der Waals surface area contributed by atoms with Crippen LogP contribution in [0.1, 0.15) is 30.0 Å². The smallest absolute Gasteiger partial charge is 0.360 e. The number of nitrogen functional groups attached to an aromatic ring is 1. The Labute approximate surface area is 111 Å². The summed E-state index contributed by atoms with van der Waals surface area (Å²) >= 11 is 0. The molecule has 0 unspecified atom stereocenters. The number of nitrogens with two attached hydrogens (primary N) is 1. The van der Waals surface area contributed by atoms with Gasteiger partial charge in [0.1, 0.15) is 12.1 Å². The minimum Gasteiger partial charge on any atom is -0.461 e. The number of ether oxygens (including phenoxy) is 1. The van der Waals surface area contributed by atoms with Crippen molar-refractivity contribution in [3.05, 3.63) is 23.9 Å². The van der Waals surface area contributed by atoms with Crippen LogP contribution < -0.4 is 5.73 Å². The van der Waals surface area contributed by atoms with Crippen molar-refractivity contribution >= 4 is 11.8 Å². The highest BCUT2D eigenvalue weighted by Gasteiger charge is 2.19. The Kier molecular flexibility index (Phi) is 3.55. The molecule has 2 aromatic rings. The number of anilines is 1. The molecule has 0 aromatic carbocycles. The summed E-state index contributed by atoms with van der Waals surface area (Å²) in [5.41, 5.74) is 7.81. The van der Waals surface area contributed by atoms with E-state index in [9.17, 15) is 4.79 Å². The number of rotatable bonds is 4. The van der Waals surface area contributed by atoms with Crippen molar-refractivity contribution in [2.24, 2.45) is 7.05 Å². The second kappa shape index (κ2) is 5.13. The first-order valence-corrected chi connectivity index (χ1v) is 6.11. The molecule has 19 heavy (non-hydrogen) atoms. The van der Waals surface area contributed by atoms with Gasteiger partial charge >= 0.3 is 5.97 Å². The van der Waals surface area contributed by atoms with Crippen molar-refractivity contribution in [2.75, 3.05) is 12.3 Å². The van der Waals surface area contributed by atoms with Gasteiger partial charge in [-0.25, -0.2) is 9.78 Å². The second-order valence-electron chi connectivity index (χ2n) is 4.06. The summed E-state index contributed by atoms with van der Waals surface area (Å²) in [5, 5.41) is 4.33. The van der Waals surface area contributed by atoms with Crippen molar-refractivity contribution in [2.45, 2.75) is 20.3 Å². The van der Waals surface area contributed by atoms with Crippen LogP contribution in [0.25, 0.3) is 5.69 Å². The maximum atomic E-state index is 11.7. The lowest BCUT2D eigenvalue weighted by molar-refractivity contribution is 0.0521. The molecule has 0 saturated carbocycles. The lowest BCUT2D eigenvalue weighted by atomic mass is 10.3. The van der Waals surface area contributed by atoms with Crippen LogP contribution in [0.5, 0.6) is 0 Å². The Balaban J connectivity index is 2.44. The van der Waals surface area contributed by atoms with Crippen LogP contribution in [0.4, 0.5) is 5.82 Å². The zero-order chi connectivity index (χ0) is 14.0. The third kappa shape index (κ3) is 2.31. The van der Waals surface area contributed by atoms with E-state index in [1.807, 2.05) is 20.2 Å². The van der Waals surface area contributed by atoms with Gasteiger partial charge in [0.05, 0.1) is 18.0 Å². The summed E-state index contributed by atoms with van der Waals surface area (Å²) in [6, 6.07) is 0. The van der Waals surface area contributed by atoms with E-state index in [1.165, 1.54) is 6.33 Å². The predicted molar refractivity (Wildman–Crippen MR) is 70.1 cm³/mol. The number of carbonyl (C=O) groups excluding carboxylic acids is 1. The molecule has 0 aliphatic heterocycles. The van der Waals surface area contributed by atoms with E-state index in [-0.39, 0.29) is 18.1 Å². The van der Waals surface area contributed by atoms with Crippen molar-refractivity contribution < 1.29 is 9.53 Å². The number of imidazole rings is 1. The Morgan fingerprint density at radius 2 is 2.21 bits per heavy atom. The van der Waals surface area contributed by atoms with Gasteiger partial charge in [-0.15, -0.1) is 0 Å². The number of hydrogen-bond donors (Lipinski definition) is 1. The second-order valence-corrected chi connectivity index (χ2v) is 4.06. The van der Waals surface area contributed by atoms with Gasteiger partial charge in [0.2, 0.25) is 0 Å². The van der Waals surface area contributed by atoms with E-state index in [1.54, 1.807) is 16.2 Å². The maximum Gasteiger partial charge on any atom is 0.360 e. The van der Waals surface area contributed by atoms with Crippen LogP contribution in [0.2, 0.25) is 0 Å². The number of carbonyl (C=O) groups is 1. The van der Waals surface area contributed by atoms with Crippen LogP contribution in [0.15, 0.2) is 12.5 Å². The molecule has 7 nitrogen and oxygen atoms in total. The van der Waals surface area contributed by atoms with E-state index in [4.69, 9.17) is 10.5 Å². The molecule has 0 aliphatic carbocycles. The van der Waals surface area contributed by atoms with Gasteiger partial charge in [-0.2, -0.15) is 5.10 Å². The van der Waals surface area contributed by atoms with Gasteiger partial charge in [-0.3, -0.25) is 9.25 Å². The average Bonchev–Trinajstić information content (AvgIpc) is 2.92. The summed E-state index contributed by atoms with van der Waals surface area (Å²) in [4.78, 5) is 15.7. The monoisotopic (exact) mass is 263 g/mol. The Bertz CT molecular complexity index is 599. The van der Waals surface area contributed by atoms with Gasteiger partial charge in [0, 0.05) is 13.2 Å². The van der Waals surface area contributed by atoms with Crippen molar-refractivity contribution in [1.82, 2.24) is 19.3 Å². The van der Waals surface area contributed by atoms with Gasteiger partial charge in [-0.1, -0.05) is 6.92 Å². The molecular formula is C12H17N5O2. The van der Waals surface area contributed by atoms with E-state index < -0.39 is 5.97 Å². The number of esters is 1. The quantitative estimate of drug-likeness (QED) is 0.829. The number of aryl methyl sites for hydroxylation is 2. The molecule has 7 heteroatoms. The molecule has 0 bridgehead atoms. The minimum absolute atomic E-state index is 0.132. The van der Waals surface area contributed by atoms with Gasteiger partial charge < -0.3 is 10.5 Å². The highest BCUT2D eigenvalue weighted by Crippen LogP contribution is 2.20. The van der Waals surface area contributed by atoms with Crippen LogP contribution in [0.3, 0.4) is 0 Å². The zero-order valence-corrected chi connectivity index (χ0v) is 11.3. The fourth-order valence-corrected chi connectivity index (χ4v) is 1.88. The topological polar surface area (TPSA) is 88.0 Å². The van der Waals surface area contributed by atoms with Crippen LogP contribution in [-0.2, 0) is 18.2 Å². The summed E-state index contributed by atoms with van der Waals surface area (Å²) in [6.45, 7) is 4.03. The molecule has 0 amide bonds. The molecule has 0 radical (unpaired) electrons. The number of aromatic nitrogens is 4. The third-order valence-corrected chi connectivity index (χ3v) is 2.75. The highest BCUT2D eigenvalue weighted by atomic mass is 16.5. The molecule has 2 rings (SSSR count). The summed E-state index contributed by atoms with van der Waals surface area (Å²) in [7, 11) is 1.84. The molecular weight excluding hydrogens is 246 g/mol. The van der Waals surface area contributed by atoms with E-state index in [0.717, 1.165) is 17.8 Å². The Hall–Kier alpha value is -2.31. The Morgan fingerprint density at radius 3 is 2.84 bits per heavy atom. The lowest BCUT2D eigenvalue weighted by Crippen LogP contribution is -2.09. The van der Waals surface area contributed by atoms with Gasteiger partial charge in [0.15, 0.2) is 5.69 Å². The molecule has 2 N–H and O–H groups in total. The first-order chi connectivity index (χ1) is 9.08. The molecule has 102 valence electrons. The third-order valence-electron chi connectivity index (χ3n) is 2.75. The summed E-state index contributed by atoms with van der Waals surface area (Å²) < 4.78 is 8.26.